The molecule has 1 saturated heterocycles. The summed E-state index contributed by atoms with van der Waals surface area (Å²) in [6, 6.07) is -6.19. The average molecular weight is 1280 g/mol. The molecular weight excluding hydrogens is 1190 g/mol. The first kappa shape index (κ1) is 74.3. The number of aliphatic carboxylic acids is 1. The number of unbranched alkanes of at least 4 members (excludes halogenated alkanes) is 2. The molecule has 3 rings (SSSR count). The molecule has 1 aromatic heterocycles. The Labute approximate surface area is 519 Å². The third-order valence-corrected chi connectivity index (χ3v) is 15.3. The monoisotopic (exact) mass is 1280 g/mol. The van der Waals surface area contributed by atoms with Crippen LogP contribution in [0.5, 0.6) is 0 Å². The van der Waals surface area contributed by atoms with Crippen molar-refractivity contribution in [3.8, 4) is 0 Å². The Morgan fingerprint density at radius 1 is 0.667 bits per heavy atom. The quantitative estimate of drug-likeness (QED) is 0.0128. The fraction of sp³-hybridized carbons (Fsp3) is 0.623. The van der Waals surface area contributed by atoms with Gasteiger partial charge in [-0.15, -0.1) is 0 Å². The van der Waals surface area contributed by atoms with E-state index in [1.54, 1.807) is 12.5 Å². The molecule has 0 spiro atoms. The van der Waals surface area contributed by atoms with Gasteiger partial charge in [0.15, 0.2) is 5.96 Å². The normalized spacial score (nSPS) is 16.0. The molecule has 1 aliphatic rings. The first-order valence-corrected chi connectivity index (χ1v) is 31.1. The third-order valence-electron chi connectivity index (χ3n) is 13.9. The van der Waals surface area contributed by atoms with Crippen LogP contribution in [-0.4, -0.2) is 226 Å². The Kier molecular flexibility index (Phi) is 34.0. The summed E-state index contributed by atoms with van der Waals surface area (Å²) in [7, 11) is 0. The van der Waals surface area contributed by atoms with Crippen LogP contribution >= 0.6 is 37.0 Å². The molecule has 0 aliphatic carbocycles. The van der Waals surface area contributed by atoms with Crippen LogP contribution < -0.4 is 76.5 Å². The minimum Gasteiger partial charge on any atom is -0.480 e. The molecule has 31 nitrogen and oxygen atoms in total. The van der Waals surface area contributed by atoms with Crippen molar-refractivity contribution in [2.24, 2.45) is 33.7 Å². The number of amides is 10. The van der Waals surface area contributed by atoms with Gasteiger partial charge in [0.1, 0.15) is 54.4 Å². The van der Waals surface area contributed by atoms with E-state index in [0.717, 1.165) is 10.9 Å². The molecule has 0 saturated carbocycles. The molecule has 1 aromatic carbocycles. The predicted octanol–water partition coefficient (Wildman–Crippen LogP) is -5.98. The van der Waals surface area contributed by atoms with E-state index in [1.807, 2.05) is 24.3 Å². The van der Waals surface area contributed by atoms with E-state index in [-0.39, 0.29) is 75.6 Å². The van der Waals surface area contributed by atoms with Gasteiger partial charge in [0.25, 0.3) is 0 Å². The maximum absolute atomic E-state index is 14.3. The van der Waals surface area contributed by atoms with Crippen LogP contribution in [0.2, 0.25) is 0 Å². The molecule has 0 bridgehead atoms. The first-order chi connectivity index (χ1) is 41.6. The van der Waals surface area contributed by atoms with Crippen molar-refractivity contribution in [2.45, 2.75) is 137 Å². The molecule has 1 aliphatic heterocycles. The number of carboxylic acids is 1. The number of aromatic amines is 1. The number of likely N-dealkylation sites (tertiary alicyclic amines) is 1. The summed E-state index contributed by atoms with van der Waals surface area (Å²) in [6.07, 6.45) is 6.18. The lowest BCUT2D eigenvalue weighted by Crippen LogP contribution is -2.61. The standard InChI is InChI=1S/C53H87N17O14S3/c1-87-21-16-34(44(75)61-24-42(73)62-39(27-85)49(80)65-35(52(83)84)14-5-7-18-55)63-47(78)37(25-71)68-48(79)38(26-72)67-45(76)33(13-4-6-17-54)64-50(81)41-15-9-20-70(41)51(82)40(28-86)69-46(77)36(22-29-23-60-32-12-3-2-10-30(29)32)66-43(74)31(56)11-8-19-59-53(57)58/h2-3,10,12,23,31,33-41,60,71-72,85-86H,4-9,11,13-22,24-28,54-56H2,1H3,(H,61,75)(H,62,73)(H,63,78)(H,64,81)(H,65,80)(H,66,74)(H,67,76)(H,68,79)(H,69,77)(H,83,84)(H4,57,58,59)/t31-,33-,34-,35-,36-,37-,38-,39-,40-,41-/m0/s1. The smallest absolute Gasteiger partial charge is 0.326 e. The Bertz CT molecular complexity index is 2650. The number of thiol groups is 2. The molecule has 23 N–H and O–H groups in total. The van der Waals surface area contributed by atoms with Gasteiger partial charge >= 0.3 is 5.97 Å². The molecule has 486 valence electrons. The van der Waals surface area contributed by atoms with Crippen molar-refractivity contribution in [1.82, 2.24) is 57.7 Å². The number of carbonyl (C=O) groups excluding carboxylic acids is 10. The number of aliphatic hydroxyl groups excluding tert-OH is 2. The number of para-hydroxylation sites is 1. The van der Waals surface area contributed by atoms with E-state index in [9.17, 15) is 68.1 Å². The second-order valence-electron chi connectivity index (χ2n) is 20.5. The number of hydrogen-bond acceptors (Lipinski definition) is 20. The number of aliphatic hydroxyl groups is 2. The van der Waals surface area contributed by atoms with Crippen LogP contribution in [0.25, 0.3) is 10.9 Å². The van der Waals surface area contributed by atoms with Gasteiger partial charge in [-0.1, -0.05) is 18.2 Å². The molecule has 1 fully saturated rings. The summed E-state index contributed by atoms with van der Waals surface area (Å²) in [5.74, 6) is -10.1. The number of H-pyrrole nitrogens is 1. The third kappa shape index (κ3) is 25.0. The van der Waals surface area contributed by atoms with Crippen LogP contribution in [0.15, 0.2) is 35.5 Å². The lowest BCUT2D eigenvalue weighted by molar-refractivity contribution is -0.142. The van der Waals surface area contributed by atoms with E-state index in [0.29, 0.717) is 56.4 Å². The summed E-state index contributed by atoms with van der Waals surface area (Å²) in [6.45, 7) is -1.92. The summed E-state index contributed by atoms with van der Waals surface area (Å²) < 4.78 is 0. The average Bonchev–Trinajstić information content (AvgIpc) is 2.65. The lowest BCUT2D eigenvalue weighted by Gasteiger charge is -2.30. The van der Waals surface area contributed by atoms with E-state index < -0.39 is 145 Å². The van der Waals surface area contributed by atoms with Crippen molar-refractivity contribution in [3.63, 3.8) is 0 Å². The number of hydrogen-bond donors (Lipinski definition) is 20. The van der Waals surface area contributed by atoms with Crippen molar-refractivity contribution < 1.29 is 68.1 Å². The molecule has 34 heteroatoms. The highest BCUT2D eigenvalue weighted by Gasteiger charge is 2.40. The number of rotatable bonds is 41. The molecule has 87 heavy (non-hydrogen) atoms. The summed E-state index contributed by atoms with van der Waals surface area (Å²) in [5, 5.41) is 53.0. The van der Waals surface area contributed by atoms with Gasteiger partial charge < -0.3 is 102 Å². The van der Waals surface area contributed by atoms with Crippen molar-refractivity contribution in [1.29, 1.82) is 0 Å². The number of nitrogens with zero attached hydrogens (tertiary/aromatic N) is 2. The van der Waals surface area contributed by atoms with Crippen LogP contribution in [0.4, 0.5) is 0 Å². The number of benzene rings is 1. The van der Waals surface area contributed by atoms with E-state index in [2.05, 4.69) is 83.1 Å². The van der Waals surface area contributed by atoms with E-state index in [4.69, 9.17) is 28.7 Å². The zero-order chi connectivity index (χ0) is 64.6. The number of aromatic nitrogens is 1. The molecule has 10 amide bonds. The number of thioether (sulfide) groups is 1. The summed E-state index contributed by atoms with van der Waals surface area (Å²) in [4.78, 5) is 156. The van der Waals surface area contributed by atoms with Gasteiger partial charge in [-0.25, -0.2) is 4.79 Å². The largest absolute Gasteiger partial charge is 0.480 e. The molecule has 0 radical (unpaired) electrons. The highest BCUT2D eigenvalue weighted by Crippen LogP contribution is 2.22. The first-order valence-electron chi connectivity index (χ1n) is 28.5. The van der Waals surface area contributed by atoms with Crippen LogP contribution in [0.1, 0.15) is 76.2 Å². The van der Waals surface area contributed by atoms with Crippen LogP contribution in [-0.2, 0) is 59.2 Å². The van der Waals surface area contributed by atoms with Crippen LogP contribution in [0.3, 0.4) is 0 Å². The highest BCUT2D eigenvalue weighted by molar-refractivity contribution is 7.98. The van der Waals surface area contributed by atoms with Gasteiger partial charge in [0.05, 0.1) is 25.8 Å². The van der Waals surface area contributed by atoms with E-state index in [1.165, 1.54) is 16.7 Å². The molecule has 2 aromatic rings. The Morgan fingerprint density at radius 3 is 1.79 bits per heavy atom. The van der Waals surface area contributed by atoms with Gasteiger partial charge in [-0.3, -0.25) is 52.9 Å². The zero-order valence-corrected chi connectivity index (χ0v) is 51.2. The minimum atomic E-state index is -1.77. The van der Waals surface area contributed by atoms with Gasteiger partial charge in [0.2, 0.25) is 59.1 Å². The molecule has 10 atom stereocenters. The number of fused-ring (bicyclic) bond motifs is 1. The second-order valence-corrected chi connectivity index (χ2v) is 22.2. The number of carboxylic acid groups (broad SMARTS) is 1. The van der Waals surface area contributed by atoms with Crippen molar-refractivity contribution in [2.75, 3.05) is 69.5 Å². The van der Waals surface area contributed by atoms with Gasteiger partial charge in [-0.05, 0) is 107 Å². The minimum absolute atomic E-state index is 0.00334. The maximum atomic E-state index is 14.3. The number of nitrogens with two attached hydrogens (primary N) is 5. The zero-order valence-electron chi connectivity index (χ0n) is 48.6. The fourth-order valence-electron chi connectivity index (χ4n) is 9.11. The second kappa shape index (κ2) is 39.8. The fourth-order valence-corrected chi connectivity index (χ4v) is 10.1. The highest BCUT2D eigenvalue weighted by atomic mass is 32.2. The number of nitrogens with one attached hydrogen (secondary N) is 10. The molecular formula is C53H87N17O14S3. The Balaban J connectivity index is 1.70. The maximum Gasteiger partial charge on any atom is 0.326 e. The molecule has 0 unspecified atom stereocenters. The number of carbonyl (C=O) groups is 11. The van der Waals surface area contributed by atoms with Crippen molar-refractivity contribution in [3.05, 3.63) is 36.0 Å². The van der Waals surface area contributed by atoms with Gasteiger partial charge in [0, 0.05) is 48.1 Å². The Hall–Kier alpha value is -6.95. The topological polar surface area (TPSA) is 518 Å². The molecule has 2 heterocycles. The summed E-state index contributed by atoms with van der Waals surface area (Å²) in [5.41, 5.74) is 29.7. The lowest BCUT2D eigenvalue weighted by atomic mass is 10.0. The van der Waals surface area contributed by atoms with Crippen LogP contribution in [0, 0.1) is 0 Å². The van der Waals surface area contributed by atoms with Gasteiger partial charge in [-0.2, -0.15) is 37.0 Å². The SMILES string of the molecule is CSCC[C@H](NC(=O)[C@H](CO)NC(=O)[C@H](CO)NC(=O)[C@H](CCCCN)NC(=O)[C@@H]1CCCN1C(=O)[C@H](CS)NC(=O)[C@H](Cc1c[nH]c2ccccc12)NC(=O)[C@@H](N)CCCN=C(N)N)C(=O)NCC(=O)N[C@@H](CS)C(=O)N[C@@H](CCCCN)C(=O)O. The summed E-state index contributed by atoms with van der Waals surface area (Å²) >= 11 is 9.77. The number of aliphatic imine (C=N–C) groups is 1. The number of guanidine groups is 1. The Morgan fingerprint density at radius 2 is 1.21 bits per heavy atom. The van der Waals surface area contributed by atoms with Crippen molar-refractivity contribution >= 4 is 119 Å². The van der Waals surface area contributed by atoms with E-state index >= 15 is 0 Å². The predicted molar refractivity (Wildman–Crippen MR) is 331 cm³/mol.